The van der Waals surface area contributed by atoms with E-state index in [1.165, 1.54) is 0 Å². The summed E-state index contributed by atoms with van der Waals surface area (Å²) in [4.78, 5) is 15.7. The molecule has 17 heavy (non-hydrogen) atoms. The maximum atomic E-state index is 11.8. The predicted molar refractivity (Wildman–Crippen MR) is 68.4 cm³/mol. The number of amides is 1. The molecule has 86 valence electrons. The van der Waals surface area contributed by atoms with Gasteiger partial charge < -0.3 is 5.32 Å². The molecule has 0 saturated carbocycles. The molecule has 1 aromatic heterocycles. The standard InChI is InChI=1S/C13H11ClN2O/c1-9-2-3-11(8-12(9)14)16-13(17)10-4-6-15-7-5-10/h2-8H,1H3,(H,16,17). The first-order chi connectivity index (χ1) is 8.16. The van der Waals surface area contributed by atoms with Crippen molar-refractivity contribution in [1.29, 1.82) is 0 Å². The first-order valence-electron chi connectivity index (χ1n) is 5.14. The lowest BCUT2D eigenvalue weighted by Gasteiger charge is -2.06. The molecule has 0 saturated heterocycles. The molecule has 0 aliphatic heterocycles. The number of halogens is 1. The monoisotopic (exact) mass is 246 g/mol. The topological polar surface area (TPSA) is 42.0 Å². The summed E-state index contributed by atoms with van der Waals surface area (Å²) in [5, 5.41) is 3.41. The van der Waals surface area contributed by atoms with Crippen molar-refractivity contribution in [3.63, 3.8) is 0 Å². The Kier molecular flexibility index (Phi) is 3.40. The highest BCUT2D eigenvalue weighted by atomic mass is 35.5. The quantitative estimate of drug-likeness (QED) is 0.884. The van der Waals surface area contributed by atoms with E-state index in [2.05, 4.69) is 10.3 Å². The van der Waals surface area contributed by atoms with Crippen molar-refractivity contribution in [3.05, 3.63) is 58.9 Å². The van der Waals surface area contributed by atoms with Crippen LogP contribution in [0.2, 0.25) is 5.02 Å². The number of carbonyl (C=O) groups is 1. The lowest BCUT2D eigenvalue weighted by Crippen LogP contribution is -2.11. The Morgan fingerprint density at radius 2 is 1.94 bits per heavy atom. The van der Waals surface area contributed by atoms with Gasteiger partial charge in [-0.3, -0.25) is 9.78 Å². The highest BCUT2D eigenvalue weighted by molar-refractivity contribution is 6.31. The van der Waals surface area contributed by atoms with E-state index in [9.17, 15) is 4.79 Å². The molecule has 1 heterocycles. The first-order valence-corrected chi connectivity index (χ1v) is 5.52. The van der Waals surface area contributed by atoms with E-state index in [1.54, 1.807) is 30.6 Å². The molecule has 0 aliphatic rings. The Morgan fingerprint density at radius 1 is 1.24 bits per heavy atom. The fourth-order valence-electron chi connectivity index (χ4n) is 1.38. The summed E-state index contributed by atoms with van der Waals surface area (Å²) in [5.74, 6) is -0.174. The van der Waals surface area contributed by atoms with Gasteiger partial charge in [0.2, 0.25) is 0 Å². The highest BCUT2D eigenvalue weighted by Crippen LogP contribution is 2.20. The van der Waals surface area contributed by atoms with Crippen LogP contribution in [0.5, 0.6) is 0 Å². The van der Waals surface area contributed by atoms with Crippen molar-refractivity contribution in [2.45, 2.75) is 6.92 Å². The van der Waals surface area contributed by atoms with E-state index in [-0.39, 0.29) is 5.91 Å². The number of carbonyl (C=O) groups excluding carboxylic acids is 1. The average Bonchev–Trinajstić information content (AvgIpc) is 2.35. The van der Waals surface area contributed by atoms with E-state index in [1.807, 2.05) is 19.1 Å². The number of rotatable bonds is 2. The van der Waals surface area contributed by atoms with Crippen molar-refractivity contribution >= 4 is 23.2 Å². The molecule has 0 aliphatic carbocycles. The van der Waals surface area contributed by atoms with Crippen molar-refractivity contribution in [2.24, 2.45) is 0 Å². The number of nitrogens with zero attached hydrogens (tertiary/aromatic N) is 1. The van der Waals surface area contributed by atoms with Gasteiger partial charge in [-0.1, -0.05) is 17.7 Å². The summed E-state index contributed by atoms with van der Waals surface area (Å²) >= 11 is 5.98. The Bertz CT molecular complexity index is 540. The summed E-state index contributed by atoms with van der Waals surface area (Å²) in [6.45, 7) is 1.91. The molecule has 3 nitrogen and oxygen atoms in total. The second-order valence-corrected chi connectivity index (χ2v) is 4.06. The van der Waals surface area contributed by atoms with Crippen LogP contribution in [-0.2, 0) is 0 Å². The van der Waals surface area contributed by atoms with Gasteiger partial charge in [-0.25, -0.2) is 0 Å². The van der Waals surface area contributed by atoms with E-state index in [0.717, 1.165) is 5.56 Å². The van der Waals surface area contributed by atoms with Crippen LogP contribution in [-0.4, -0.2) is 10.9 Å². The van der Waals surface area contributed by atoms with Crippen molar-refractivity contribution < 1.29 is 4.79 Å². The van der Waals surface area contributed by atoms with Crippen LogP contribution in [0.15, 0.2) is 42.7 Å². The van der Waals surface area contributed by atoms with E-state index < -0.39 is 0 Å². The van der Waals surface area contributed by atoms with Crippen LogP contribution in [0, 0.1) is 6.92 Å². The lowest BCUT2D eigenvalue weighted by molar-refractivity contribution is 0.102. The zero-order valence-corrected chi connectivity index (χ0v) is 10.0. The second kappa shape index (κ2) is 4.97. The molecule has 4 heteroatoms. The van der Waals surface area contributed by atoms with E-state index in [0.29, 0.717) is 16.3 Å². The molecule has 1 aromatic carbocycles. The lowest BCUT2D eigenvalue weighted by atomic mass is 10.2. The van der Waals surface area contributed by atoms with Crippen LogP contribution < -0.4 is 5.32 Å². The molecule has 0 unspecified atom stereocenters. The van der Waals surface area contributed by atoms with Gasteiger partial charge in [0.1, 0.15) is 0 Å². The molecule has 0 spiro atoms. The SMILES string of the molecule is Cc1ccc(NC(=O)c2ccncc2)cc1Cl. The van der Waals surface area contributed by atoms with Gasteiger partial charge in [0.15, 0.2) is 0 Å². The number of pyridine rings is 1. The Balaban J connectivity index is 2.16. The smallest absolute Gasteiger partial charge is 0.255 e. The first kappa shape index (κ1) is 11.6. The van der Waals surface area contributed by atoms with Crippen molar-refractivity contribution in [3.8, 4) is 0 Å². The number of anilines is 1. The Labute approximate surface area is 104 Å². The number of benzene rings is 1. The second-order valence-electron chi connectivity index (χ2n) is 3.65. The fraction of sp³-hybridized carbons (Fsp3) is 0.0769. The summed E-state index contributed by atoms with van der Waals surface area (Å²) in [6, 6.07) is 8.73. The van der Waals surface area contributed by atoms with Crippen molar-refractivity contribution in [2.75, 3.05) is 5.32 Å². The van der Waals surface area contributed by atoms with Gasteiger partial charge in [0.25, 0.3) is 5.91 Å². The maximum Gasteiger partial charge on any atom is 0.255 e. The molecule has 0 fully saturated rings. The molecule has 0 radical (unpaired) electrons. The summed E-state index contributed by atoms with van der Waals surface area (Å²) < 4.78 is 0. The van der Waals surface area contributed by atoms with Gasteiger partial charge in [0, 0.05) is 28.7 Å². The van der Waals surface area contributed by atoms with E-state index in [4.69, 9.17) is 11.6 Å². The van der Waals surface area contributed by atoms with Gasteiger partial charge in [-0.05, 0) is 36.8 Å². The normalized spacial score (nSPS) is 10.0. The zero-order valence-electron chi connectivity index (χ0n) is 9.27. The molecule has 1 N–H and O–H groups in total. The molecular formula is C13H11ClN2O. The number of aryl methyl sites for hydroxylation is 1. The predicted octanol–water partition coefficient (Wildman–Crippen LogP) is 3.30. The van der Waals surface area contributed by atoms with E-state index >= 15 is 0 Å². The van der Waals surface area contributed by atoms with Gasteiger partial charge >= 0.3 is 0 Å². The molecule has 2 aromatic rings. The number of aromatic nitrogens is 1. The van der Waals surface area contributed by atoms with Crippen LogP contribution in [0.1, 0.15) is 15.9 Å². The van der Waals surface area contributed by atoms with Gasteiger partial charge in [0.05, 0.1) is 0 Å². The highest BCUT2D eigenvalue weighted by Gasteiger charge is 2.06. The molecule has 2 rings (SSSR count). The summed E-state index contributed by atoms with van der Waals surface area (Å²) in [6.07, 6.45) is 3.16. The van der Waals surface area contributed by atoms with Crippen LogP contribution in [0.3, 0.4) is 0 Å². The summed E-state index contributed by atoms with van der Waals surface area (Å²) in [5.41, 5.74) is 2.23. The Hall–Kier alpha value is -1.87. The molecule has 1 amide bonds. The molecule has 0 bridgehead atoms. The largest absolute Gasteiger partial charge is 0.322 e. The zero-order chi connectivity index (χ0) is 12.3. The number of hydrogen-bond acceptors (Lipinski definition) is 2. The maximum absolute atomic E-state index is 11.8. The van der Waals surface area contributed by atoms with Gasteiger partial charge in [-0.2, -0.15) is 0 Å². The van der Waals surface area contributed by atoms with Crippen LogP contribution >= 0.6 is 11.6 Å². The Morgan fingerprint density at radius 3 is 2.59 bits per heavy atom. The number of hydrogen-bond donors (Lipinski definition) is 1. The third kappa shape index (κ3) is 2.82. The summed E-state index contributed by atoms with van der Waals surface area (Å²) in [7, 11) is 0. The third-order valence-corrected chi connectivity index (χ3v) is 2.78. The molecule has 0 atom stereocenters. The van der Waals surface area contributed by atoms with Crippen LogP contribution in [0.4, 0.5) is 5.69 Å². The molecular weight excluding hydrogens is 236 g/mol. The minimum Gasteiger partial charge on any atom is -0.322 e. The van der Waals surface area contributed by atoms with Crippen molar-refractivity contribution in [1.82, 2.24) is 4.98 Å². The van der Waals surface area contributed by atoms with Gasteiger partial charge in [-0.15, -0.1) is 0 Å². The van der Waals surface area contributed by atoms with Crippen LogP contribution in [0.25, 0.3) is 0 Å². The minimum atomic E-state index is -0.174. The fourth-order valence-corrected chi connectivity index (χ4v) is 1.56. The third-order valence-electron chi connectivity index (χ3n) is 2.37. The minimum absolute atomic E-state index is 0.174. The number of nitrogens with one attached hydrogen (secondary N) is 1. The average molecular weight is 247 g/mol.